The summed E-state index contributed by atoms with van der Waals surface area (Å²) in [6.45, 7) is 0.851. The first kappa shape index (κ1) is 39.7. The molecule has 1 amide bonds. The molecule has 2 aromatic rings. The minimum atomic E-state index is -8.68. The number of hydrogen-bond donors (Lipinski definition) is 2. The van der Waals surface area contributed by atoms with E-state index in [0.29, 0.717) is 0 Å². The van der Waals surface area contributed by atoms with Gasteiger partial charge in [0, 0.05) is 17.7 Å². The average molecular weight is 717 g/mol. The Morgan fingerprint density at radius 3 is 1.62 bits per heavy atom. The van der Waals surface area contributed by atoms with E-state index in [9.17, 15) is 84.5 Å². The maximum absolute atomic E-state index is 14.2. The Balaban J connectivity index is 2.23. The van der Waals surface area contributed by atoms with E-state index in [4.69, 9.17) is 4.74 Å². The van der Waals surface area contributed by atoms with Gasteiger partial charge in [-0.25, -0.2) is 4.79 Å². The van der Waals surface area contributed by atoms with E-state index in [2.05, 4.69) is 5.32 Å². The maximum Gasteiger partial charge on any atom is 0.460 e. The number of halogens is 17. The van der Waals surface area contributed by atoms with Crippen molar-refractivity contribution < 1.29 is 89.3 Å². The zero-order chi connectivity index (χ0) is 36.7. The largest absolute Gasteiger partial charge is 0.460 e. The van der Waals surface area contributed by atoms with E-state index in [1.807, 2.05) is 0 Å². The standard InChI is InChI=1S/C26H20F17NO3/c1-13-4-7-16(8-5-13)44-18(46)47-17-9-6-14(11-15(17)12-45)3-2-10-19(27,28)20(29,30)21(31,32)22(33,34)23(35,36)24(37,38)25(39,40)26(41,42)43/h4-9,11,45H,2-3,10,12H2,1H3,(H,44,46). The average Bonchev–Trinajstić information content (AvgIpc) is 2.93. The molecule has 0 atom stereocenters. The van der Waals surface area contributed by atoms with E-state index in [1.165, 1.54) is 12.1 Å². The highest BCUT2D eigenvalue weighted by molar-refractivity contribution is 5.86. The molecule has 0 unspecified atom stereocenters. The maximum atomic E-state index is 14.2. The number of anilines is 1. The minimum absolute atomic E-state index is 0.183. The van der Waals surface area contributed by atoms with Crippen molar-refractivity contribution in [3.63, 3.8) is 0 Å². The van der Waals surface area contributed by atoms with Crippen molar-refractivity contribution in [1.82, 2.24) is 0 Å². The van der Waals surface area contributed by atoms with Crippen molar-refractivity contribution in [2.45, 2.75) is 80.4 Å². The number of rotatable bonds is 13. The molecular weight excluding hydrogens is 697 g/mol. The highest BCUT2D eigenvalue weighted by Crippen LogP contribution is 2.64. The number of alkyl halides is 17. The topological polar surface area (TPSA) is 58.6 Å². The molecule has 21 heteroatoms. The van der Waals surface area contributed by atoms with Gasteiger partial charge < -0.3 is 9.84 Å². The predicted molar refractivity (Wildman–Crippen MR) is 127 cm³/mol. The van der Waals surface area contributed by atoms with Crippen LogP contribution in [0.2, 0.25) is 0 Å². The number of hydrogen-bond acceptors (Lipinski definition) is 3. The highest BCUT2D eigenvalue weighted by Gasteiger charge is 2.95. The van der Waals surface area contributed by atoms with Crippen LogP contribution in [-0.2, 0) is 13.0 Å². The fourth-order valence-electron chi connectivity index (χ4n) is 3.76. The lowest BCUT2D eigenvalue weighted by molar-refractivity contribution is -0.461. The number of benzene rings is 2. The van der Waals surface area contributed by atoms with Gasteiger partial charge in [0.25, 0.3) is 0 Å². The van der Waals surface area contributed by atoms with Crippen molar-refractivity contribution >= 4 is 11.8 Å². The van der Waals surface area contributed by atoms with Gasteiger partial charge in [-0.2, -0.15) is 74.6 Å². The summed E-state index contributed by atoms with van der Waals surface area (Å²) in [6.07, 6.45) is -13.7. The molecule has 0 heterocycles. The van der Waals surface area contributed by atoms with Gasteiger partial charge in [0.05, 0.1) is 6.61 Å². The lowest BCUT2D eigenvalue weighted by Gasteiger charge is -2.42. The molecule has 0 bridgehead atoms. The van der Waals surface area contributed by atoms with Crippen LogP contribution in [0.25, 0.3) is 0 Å². The van der Waals surface area contributed by atoms with Gasteiger partial charge in [-0.05, 0) is 49.6 Å². The first-order valence-corrected chi connectivity index (χ1v) is 12.5. The molecular formula is C26H20F17NO3. The molecule has 0 fully saturated rings. The van der Waals surface area contributed by atoms with Crippen LogP contribution in [-0.4, -0.2) is 58.8 Å². The smallest absolute Gasteiger partial charge is 0.410 e. The number of ether oxygens (including phenoxy) is 1. The summed E-state index contributed by atoms with van der Waals surface area (Å²) in [4.78, 5) is 12.1. The molecule has 2 N–H and O–H groups in total. The normalized spacial score (nSPS) is 14.3. The van der Waals surface area contributed by atoms with Crippen LogP contribution >= 0.6 is 0 Å². The third-order valence-corrected chi connectivity index (χ3v) is 6.54. The molecule has 0 aliphatic heterocycles. The van der Waals surface area contributed by atoms with E-state index in [0.717, 1.165) is 23.8 Å². The Labute approximate surface area is 252 Å². The van der Waals surface area contributed by atoms with Gasteiger partial charge in [-0.15, -0.1) is 0 Å². The quantitative estimate of drug-likeness (QED) is 0.203. The van der Waals surface area contributed by atoms with Crippen LogP contribution in [0.5, 0.6) is 5.75 Å². The Bertz CT molecular complexity index is 1410. The van der Waals surface area contributed by atoms with Gasteiger partial charge in [0.2, 0.25) is 0 Å². The van der Waals surface area contributed by atoms with Crippen LogP contribution in [0.4, 0.5) is 85.1 Å². The summed E-state index contributed by atoms with van der Waals surface area (Å²) in [5.74, 6) is -57.0. The van der Waals surface area contributed by atoms with Crippen LogP contribution in [0.1, 0.15) is 29.5 Å². The van der Waals surface area contributed by atoms with Gasteiger partial charge in [0.15, 0.2) is 0 Å². The van der Waals surface area contributed by atoms with Crippen LogP contribution in [0.15, 0.2) is 42.5 Å². The first-order chi connectivity index (χ1) is 21.0. The van der Waals surface area contributed by atoms with Crippen molar-refractivity contribution in [3.8, 4) is 5.75 Å². The zero-order valence-corrected chi connectivity index (χ0v) is 23.1. The van der Waals surface area contributed by atoms with Crippen LogP contribution < -0.4 is 10.1 Å². The van der Waals surface area contributed by atoms with Crippen molar-refractivity contribution in [3.05, 3.63) is 59.2 Å². The van der Waals surface area contributed by atoms with Gasteiger partial charge in [-0.1, -0.05) is 23.8 Å². The molecule has 0 radical (unpaired) electrons. The highest BCUT2D eigenvalue weighted by atomic mass is 19.4. The Kier molecular flexibility index (Phi) is 10.8. The summed E-state index contributed by atoms with van der Waals surface area (Å²) in [5.41, 5.74) is 0.704. The van der Waals surface area contributed by atoms with Gasteiger partial charge in [-0.3, -0.25) is 5.32 Å². The molecule has 47 heavy (non-hydrogen) atoms. The minimum Gasteiger partial charge on any atom is -0.410 e. The molecule has 0 aliphatic rings. The number of carbonyl (C=O) groups excluding carboxylic acids is 1. The SMILES string of the molecule is Cc1ccc(NC(=O)Oc2ccc(CCCC(F)(F)C(F)(F)C(F)(F)C(F)(F)C(F)(F)C(F)(F)C(F)(F)C(F)(F)F)cc2CO)cc1. The Hall–Kier alpha value is -3.52. The lowest BCUT2D eigenvalue weighted by atomic mass is 9.87. The van der Waals surface area contributed by atoms with E-state index < -0.39 is 79.6 Å². The third-order valence-electron chi connectivity index (χ3n) is 6.54. The van der Waals surface area contributed by atoms with Crippen LogP contribution in [0.3, 0.4) is 0 Å². The number of aliphatic hydroxyl groups is 1. The second kappa shape index (κ2) is 12.8. The van der Waals surface area contributed by atoms with Gasteiger partial charge in [0.1, 0.15) is 5.75 Å². The molecule has 0 saturated carbocycles. The molecule has 266 valence electrons. The molecule has 0 spiro atoms. The second-order valence-corrected chi connectivity index (χ2v) is 9.98. The summed E-state index contributed by atoms with van der Waals surface area (Å²) in [6, 6.07) is 9.10. The number of aliphatic hydroxyl groups excluding tert-OH is 1. The Morgan fingerprint density at radius 2 is 1.15 bits per heavy atom. The predicted octanol–water partition coefficient (Wildman–Crippen LogP) is 9.43. The summed E-state index contributed by atoms with van der Waals surface area (Å²) in [5, 5.41) is 11.8. The van der Waals surface area contributed by atoms with Crippen molar-refractivity contribution in [1.29, 1.82) is 0 Å². The van der Waals surface area contributed by atoms with Crippen molar-refractivity contribution in [2.24, 2.45) is 0 Å². The van der Waals surface area contributed by atoms with Crippen molar-refractivity contribution in [2.75, 3.05) is 5.32 Å². The van der Waals surface area contributed by atoms with E-state index in [-0.39, 0.29) is 22.6 Å². The van der Waals surface area contributed by atoms with E-state index >= 15 is 0 Å². The summed E-state index contributed by atoms with van der Waals surface area (Å²) < 4.78 is 233. The summed E-state index contributed by atoms with van der Waals surface area (Å²) in [7, 11) is 0. The number of carbonyl (C=O) groups is 1. The lowest BCUT2D eigenvalue weighted by Crippen LogP contribution is -2.74. The number of aryl methyl sites for hydroxylation is 2. The fraction of sp³-hybridized carbons (Fsp3) is 0.500. The molecule has 0 saturated heterocycles. The molecule has 2 rings (SSSR count). The zero-order valence-electron chi connectivity index (χ0n) is 23.1. The molecule has 4 nitrogen and oxygen atoms in total. The number of amides is 1. The fourth-order valence-corrected chi connectivity index (χ4v) is 3.76. The Morgan fingerprint density at radius 1 is 0.681 bits per heavy atom. The number of nitrogens with one attached hydrogen (secondary N) is 1. The van der Waals surface area contributed by atoms with Gasteiger partial charge >= 0.3 is 53.7 Å². The molecule has 2 aromatic carbocycles. The molecule has 0 aliphatic carbocycles. The second-order valence-electron chi connectivity index (χ2n) is 9.98. The third kappa shape index (κ3) is 7.03. The summed E-state index contributed by atoms with van der Waals surface area (Å²) >= 11 is 0. The van der Waals surface area contributed by atoms with E-state index in [1.54, 1.807) is 19.1 Å². The monoisotopic (exact) mass is 717 g/mol. The van der Waals surface area contributed by atoms with Crippen LogP contribution in [0, 0.1) is 6.92 Å². The molecule has 0 aromatic heterocycles. The first-order valence-electron chi connectivity index (χ1n) is 12.5.